The molecule has 1 rings (SSSR count). The first-order valence-corrected chi connectivity index (χ1v) is 4.51. The van der Waals surface area contributed by atoms with Gasteiger partial charge in [-0.05, 0) is 0 Å². The fourth-order valence-corrected chi connectivity index (χ4v) is 1.25. The molecule has 0 aliphatic rings. The molecule has 0 nitrogen and oxygen atoms in total. The maximum absolute atomic E-state index is 2.25. The van der Waals surface area contributed by atoms with Gasteiger partial charge >= 0.3 is 55.8 Å². The average Bonchev–Trinajstić information content (AvgIpc) is 1.90. The van der Waals surface area contributed by atoms with Crippen LogP contribution >= 0.6 is 0 Å². The Morgan fingerprint density at radius 3 is 2.12 bits per heavy atom. The van der Waals surface area contributed by atoms with Crippen molar-refractivity contribution in [2.24, 2.45) is 0 Å². The zero-order valence-corrected chi connectivity index (χ0v) is 6.12. The predicted molar refractivity (Wildman–Crippen MR) is 37.7 cm³/mol. The van der Waals surface area contributed by atoms with Crippen LogP contribution in [-0.2, 0) is 0 Å². The van der Waals surface area contributed by atoms with E-state index in [4.69, 9.17) is 0 Å². The van der Waals surface area contributed by atoms with Gasteiger partial charge in [0.25, 0.3) is 0 Å². The van der Waals surface area contributed by atoms with Gasteiger partial charge in [-0.3, -0.25) is 0 Å². The topological polar surface area (TPSA) is 0 Å². The van der Waals surface area contributed by atoms with E-state index in [0.717, 1.165) is 0 Å². The predicted octanol–water partition coefficient (Wildman–Crippen LogP) is 1.06. The fraction of sp³-hybridized carbons (Fsp3) is 0.143. The molecule has 0 saturated carbocycles. The quantitative estimate of drug-likeness (QED) is 0.485. The van der Waals surface area contributed by atoms with Crippen molar-refractivity contribution in [3.05, 3.63) is 30.3 Å². The van der Waals surface area contributed by atoms with Gasteiger partial charge in [0.1, 0.15) is 0 Å². The summed E-state index contributed by atoms with van der Waals surface area (Å²) in [6.07, 6.45) is 0. The SMILES string of the molecule is [CH3][Al+][c]1ccccc1. The summed E-state index contributed by atoms with van der Waals surface area (Å²) in [5, 5.41) is 0. The molecule has 38 valence electrons. The van der Waals surface area contributed by atoms with Crippen molar-refractivity contribution < 1.29 is 0 Å². The first-order valence-electron chi connectivity index (χ1n) is 2.78. The third-order valence-corrected chi connectivity index (χ3v) is 2.18. The van der Waals surface area contributed by atoms with Crippen LogP contribution in [0.3, 0.4) is 0 Å². The van der Waals surface area contributed by atoms with E-state index in [2.05, 4.69) is 36.1 Å². The molecule has 0 radical (unpaired) electrons. The van der Waals surface area contributed by atoms with Crippen molar-refractivity contribution in [3.8, 4) is 0 Å². The summed E-state index contributed by atoms with van der Waals surface area (Å²) >= 11 is 0.511. The van der Waals surface area contributed by atoms with Crippen molar-refractivity contribution in [2.75, 3.05) is 0 Å². The second-order valence-corrected chi connectivity index (χ2v) is 2.94. The molecule has 0 saturated heterocycles. The van der Waals surface area contributed by atoms with E-state index in [-0.39, 0.29) is 0 Å². The molecule has 0 atom stereocenters. The van der Waals surface area contributed by atoms with E-state index in [1.807, 2.05) is 0 Å². The average molecular weight is 119 g/mol. The van der Waals surface area contributed by atoms with Crippen LogP contribution in [0.1, 0.15) is 0 Å². The first kappa shape index (κ1) is 5.88. The molecule has 0 fully saturated rings. The molecule has 0 aliphatic heterocycles. The molecule has 0 heterocycles. The van der Waals surface area contributed by atoms with Crippen molar-refractivity contribution in [3.63, 3.8) is 0 Å². The van der Waals surface area contributed by atoms with Crippen LogP contribution in [-0.4, -0.2) is 15.2 Å². The third kappa shape index (κ3) is 1.37. The van der Waals surface area contributed by atoms with Crippen molar-refractivity contribution in [1.29, 1.82) is 0 Å². The molecule has 0 bridgehead atoms. The number of rotatable bonds is 1. The molecular formula is C7H8Al+. The van der Waals surface area contributed by atoms with Gasteiger partial charge in [-0.1, -0.05) is 0 Å². The molecule has 0 unspecified atom stereocenters. The number of hydrogen-bond donors (Lipinski definition) is 0. The summed E-state index contributed by atoms with van der Waals surface area (Å²) in [4.78, 5) is 0. The molecule has 0 N–H and O–H groups in total. The summed E-state index contributed by atoms with van der Waals surface area (Å²) in [6.45, 7) is 0. The van der Waals surface area contributed by atoms with Gasteiger partial charge in [-0.2, -0.15) is 0 Å². The Morgan fingerprint density at radius 1 is 1.12 bits per heavy atom. The fourth-order valence-electron chi connectivity index (χ4n) is 0.645. The van der Waals surface area contributed by atoms with E-state index < -0.39 is 0 Å². The van der Waals surface area contributed by atoms with Crippen LogP contribution < -0.4 is 4.43 Å². The van der Waals surface area contributed by atoms with Crippen molar-refractivity contribution in [2.45, 2.75) is 5.79 Å². The number of hydrogen-bond acceptors (Lipinski definition) is 0. The molecule has 0 amide bonds. The van der Waals surface area contributed by atoms with E-state index in [1.54, 1.807) is 0 Å². The van der Waals surface area contributed by atoms with Crippen molar-refractivity contribution >= 4 is 19.6 Å². The summed E-state index contributed by atoms with van der Waals surface area (Å²) in [5.74, 6) is 2.25. The second-order valence-electron chi connectivity index (χ2n) is 1.70. The molecule has 0 spiro atoms. The Balaban J connectivity index is 2.83. The Bertz CT molecular complexity index is 146. The standard InChI is InChI=1S/C6H5.CH3.Al/c1-2-4-6-5-3-1;;/h1-5H;1H3;/q;;+1. The maximum atomic E-state index is 2.25. The zero-order chi connectivity index (χ0) is 5.82. The minimum absolute atomic E-state index is 0.511. The number of benzene rings is 1. The van der Waals surface area contributed by atoms with Crippen LogP contribution in [0, 0.1) is 0 Å². The summed E-state index contributed by atoms with van der Waals surface area (Å²) in [6, 6.07) is 10.6. The van der Waals surface area contributed by atoms with E-state index in [1.165, 1.54) is 4.43 Å². The van der Waals surface area contributed by atoms with Gasteiger partial charge in [0.15, 0.2) is 0 Å². The molecule has 1 aromatic carbocycles. The van der Waals surface area contributed by atoms with Gasteiger partial charge in [0, 0.05) is 0 Å². The van der Waals surface area contributed by atoms with Gasteiger partial charge in [0.2, 0.25) is 0 Å². The zero-order valence-electron chi connectivity index (χ0n) is 4.96. The second kappa shape index (κ2) is 2.92. The minimum atomic E-state index is 0.511. The van der Waals surface area contributed by atoms with Gasteiger partial charge in [-0.15, -0.1) is 0 Å². The Morgan fingerprint density at radius 2 is 1.75 bits per heavy atom. The monoisotopic (exact) mass is 119 g/mol. The molecule has 0 aliphatic carbocycles. The molecular weight excluding hydrogens is 111 g/mol. The van der Waals surface area contributed by atoms with Gasteiger partial charge in [-0.25, -0.2) is 0 Å². The molecule has 1 heteroatoms. The van der Waals surface area contributed by atoms with Crippen LogP contribution in [0.4, 0.5) is 0 Å². The van der Waals surface area contributed by atoms with Crippen molar-refractivity contribution in [1.82, 2.24) is 0 Å². The normalized spacial score (nSPS) is 8.12. The first-order chi connectivity index (χ1) is 3.93. The van der Waals surface area contributed by atoms with Crippen LogP contribution in [0.25, 0.3) is 0 Å². The van der Waals surface area contributed by atoms with Crippen LogP contribution in [0.2, 0.25) is 5.79 Å². The summed E-state index contributed by atoms with van der Waals surface area (Å²) in [5.41, 5.74) is 0. The van der Waals surface area contributed by atoms with Crippen LogP contribution in [0.15, 0.2) is 30.3 Å². The summed E-state index contributed by atoms with van der Waals surface area (Å²) in [7, 11) is 0. The Kier molecular flexibility index (Phi) is 2.14. The van der Waals surface area contributed by atoms with Crippen LogP contribution in [0.5, 0.6) is 0 Å². The Labute approximate surface area is 56.3 Å². The van der Waals surface area contributed by atoms with Gasteiger partial charge < -0.3 is 0 Å². The summed E-state index contributed by atoms with van der Waals surface area (Å²) < 4.78 is 1.49. The Hall–Kier alpha value is -0.248. The van der Waals surface area contributed by atoms with E-state index >= 15 is 0 Å². The van der Waals surface area contributed by atoms with E-state index in [0.29, 0.717) is 15.2 Å². The molecule has 8 heavy (non-hydrogen) atoms. The third-order valence-electron chi connectivity index (χ3n) is 1.13. The molecule has 1 aromatic rings. The van der Waals surface area contributed by atoms with Gasteiger partial charge in [0.05, 0.1) is 0 Å². The molecule has 0 aromatic heterocycles. The van der Waals surface area contributed by atoms with E-state index in [9.17, 15) is 0 Å².